The third-order valence-electron chi connectivity index (χ3n) is 6.14. The fourth-order valence-corrected chi connectivity index (χ4v) is 4.18. The van der Waals surface area contributed by atoms with Crippen LogP contribution < -0.4 is 10.6 Å². The van der Waals surface area contributed by atoms with Crippen LogP contribution in [0, 0.1) is 23.0 Å². The molecule has 0 aliphatic heterocycles. The maximum absolute atomic E-state index is 14.8. The summed E-state index contributed by atoms with van der Waals surface area (Å²) >= 11 is 0. The maximum atomic E-state index is 14.8. The Balaban J connectivity index is 1.96. The molecule has 41 heavy (non-hydrogen) atoms. The second kappa shape index (κ2) is 11.0. The number of alkyl halides is 3. The number of nitrogens with zero attached hydrogens (tertiary/aromatic N) is 2. The van der Waals surface area contributed by atoms with Gasteiger partial charge in [0.2, 0.25) is 5.71 Å². The first-order chi connectivity index (χ1) is 19.2. The van der Waals surface area contributed by atoms with E-state index in [4.69, 9.17) is 4.42 Å². The van der Waals surface area contributed by atoms with Crippen LogP contribution in [0.25, 0.3) is 33.6 Å². The lowest BCUT2D eigenvalue weighted by Crippen LogP contribution is -2.42. The fraction of sp³-hybridized carbons (Fsp3) is 0.241. The second-order valence-corrected chi connectivity index (χ2v) is 9.76. The minimum Gasteiger partial charge on any atom is -0.437 e. The van der Waals surface area contributed by atoms with Crippen LogP contribution in [0.1, 0.15) is 46.7 Å². The molecule has 2 amide bonds. The van der Waals surface area contributed by atoms with Gasteiger partial charge in [-0.3, -0.25) is 9.59 Å². The van der Waals surface area contributed by atoms with Gasteiger partial charge in [0.1, 0.15) is 22.9 Å². The molecule has 0 radical (unpaired) electrons. The first-order valence-corrected chi connectivity index (χ1v) is 12.3. The van der Waals surface area contributed by atoms with Crippen LogP contribution in [0.3, 0.4) is 0 Å². The zero-order valence-electron chi connectivity index (χ0n) is 22.0. The summed E-state index contributed by atoms with van der Waals surface area (Å²) in [5.74, 6) is -2.79. The zero-order valence-corrected chi connectivity index (χ0v) is 22.0. The average Bonchev–Trinajstić information content (AvgIpc) is 3.28. The largest absolute Gasteiger partial charge is 0.437 e. The molecule has 0 bridgehead atoms. The van der Waals surface area contributed by atoms with Crippen LogP contribution >= 0.6 is 0 Å². The van der Waals surface area contributed by atoms with E-state index in [1.807, 2.05) is 6.07 Å². The lowest BCUT2D eigenvalue weighted by atomic mass is 9.96. The summed E-state index contributed by atoms with van der Waals surface area (Å²) in [6, 6.07) is 11.5. The van der Waals surface area contributed by atoms with E-state index in [1.165, 1.54) is 45.2 Å². The molecule has 0 saturated carbocycles. The van der Waals surface area contributed by atoms with Gasteiger partial charge in [0.15, 0.2) is 0 Å². The van der Waals surface area contributed by atoms with E-state index in [1.54, 1.807) is 0 Å². The summed E-state index contributed by atoms with van der Waals surface area (Å²) in [4.78, 5) is 30.0. The number of halogens is 5. The number of carbonyl (C=O) groups excluding carboxylic acids is 2. The standard InChI is InChI=1S/C29H23F5N4O3/c1-28(2,14-35)38-25(39)17-10-16(11-19(31)12-17)20-13-21-23(26(40)36-3)24(15-4-6-18(30)7-5-15)41-27(21)37-22(20)8-9-29(32,33)34/h4-7,10-13H,8-9H2,1-3H3,(H,36,40)(H,38,39). The van der Waals surface area contributed by atoms with Crippen molar-refractivity contribution in [3.05, 3.63) is 77.0 Å². The van der Waals surface area contributed by atoms with Gasteiger partial charge in [-0.05, 0) is 74.4 Å². The number of fused-ring (bicyclic) bond motifs is 1. The number of hydrogen-bond donors (Lipinski definition) is 2. The highest BCUT2D eigenvalue weighted by atomic mass is 19.4. The average molecular weight is 571 g/mol. The van der Waals surface area contributed by atoms with E-state index in [0.717, 1.165) is 24.3 Å². The van der Waals surface area contributed by atoms with Crippen molar-refractivity contribution < 1.29 is 36.0 Å². The van der Waals surface area contributed by atoms with E-state index in [2.05, 4.69) is 15.6 Å². The molecule has 0 aliphatic rings. The number of carbonyl (C=O) groups is 2. The van der Waals surface area contributed by atoms with Crippen LogP contribution in [0.5, 0.6) is 0 Å². The molecule has 0 atom stereocenters. The molecule has 0 spiro atoms. The van der Waals surface area contributed by atoms with Gasteiger partial charge in [-0.2, -0.15) is 18.4 Å². The van der Waals surface area contributed by atoms with Crippen molar-refractivity contribution in [1.29, 1.82) is 5.26 Å². The smallest absolute Gasteiger partial charge is 0.389 e. The number of rotatable bonds is 7. The van der Waals surface area contributed by atoms with Crippen LogP contribution in [-0.2, 0) is 6.42 Å². The highest BCUT2D eigenvalue weighted by Crippen LogP contribution is 2.38. The number of hydrogen-bond acceptors (Lipinski definition) is 5. The number of furan rings is 1. The summed E-state index contributed by atoms with van der Waals surface area (Å²) in [6.07, 6.45) is -6.42. The normalized spacial score (nSPS) is 11.8. The summed E-state index contributed by atoms with van der Waals surface area (Å²) in [5.41, 5.74) is -1.40. The van der Waals surface area contributed by atoms with Crippen LogP contribution in [-0.4, -0.2) is 35.6 Å². The third kappa shape index (κ3) is 6.51. The SMILES string of the molecule is CNC(=O)c1c(-c2ccc(F)cc2)oc2nc(CCC(F)(F)F)c(-c3cc(F)cc(C(=O)NC(C)(C)C#N)c3)cc12. The third-order valence-corrected chi connectivity index (χ3v) is 6.14. The number of benzene rings is 2. The first kappa shape index (κ1) is 29.2. The lowest BCUT2D eigenvalue weighted by Gasteiger charge is -2.18. The van der Waals surface area contributed by atoms with Crippen molar-refractivity contribution in [2.45, 2.75) is 38.4 Å². The Morgan fingerprint density at radius 1 is 0.976 bits per heavy atom. The van der Waals surface area contributed by atoms with Crippen LogP contribution in [0.15, 0.2) is 52.9 Å². The van der Waals surface area contributed by atoms with E-state index in [-0.39, 0.29) is 44.8 Å². The molecule has 212 valence electrons. The lowest BCUT2D eigenvalue weighted by molar-refractivity contribution is -0.134. The zero-order chi connectivity index (χ0) is 30.1. The van der Waals surface area contributed by atoms with Crippen molar-refractivity contribution in [3.8, 4) is 28.5 Å². The van der Waals surface area contributed by atoms with Crippen molar-refractivity contribution in [3.63, 3.8) is 0 Å². The highest BCUT2D eigenvalue weighted by Gasteiger charge is 2.30. The van der Waals surface area contributed by atoms with E-state index in [9.17, 15) is 36.8 Å². The van der Waals surface area contributed by atoms with Gasteiger partial charge in [-0.1, -0.05) is 0 Å². The second-order valence-electron chi connectivity index (χ2n) is 9.76. The quantitative estimate of drug-likeness (QED) is 0.253. The molecule has 4 aromatic rings. The molecule has 2 aromatic carbocycles. The Morgan fingerprint density at radius 3 is 2.27 bits per heavy atom. The first-order valence-electron chi connectivity index (χ1n) is 12.3. The minimum atomic E-state index is -4.54. The van der Waals surface area contributed by atoms with Gasteiger partial charge in [-0.25, -0.2) is 13.8 Å². The van der Waals surface area contributed by atoms with E-state index < -0.39 is 48.0 Å². The molecule has 2 aromatic heterocycles. The number of pyridine rings is 1. The van der Waals surface area contributed by atoms with Crippen molar-refractivity contribution in [1.82, 2.24) is 15.6 Å². The predicted molar refractivity (Wildman–Crippen MR) is 140 cm³/mol. The Hall–Kier alpha value is -4.79. The number of nitrogens with one attached hydrogen (secondary N) is 2. The van der Waals surface area contributed by atoms with E-state index >= 15 is 0 Å². The summed E-state index contributed by atoms with van der Waals surface area (Å²) in [7, 11) is 1.36. The number of aryl methyl sites for hydroxylation is 1. The molecular formula is C29H23F5N4O3. The van der Waals surface area contributed by atoms with Crippen molar-refractivity contribution >= 4 is 22.9 Å². The highest BCUT2D eigenvalue weighted by molar-refractivity contribution is 6.11. The van der Waals surface area contributed by atoms with Crippen LogP contribution in [0.4, 0.5) is 22.0 Å². The molecule has 0 saturated heterocycles. The Kier molecular flexibility index (Phi) is 7.83. The topological polar surface area (TPSA) is 108 Å². The van der Waals surface area contributed by atoms with Crippen molar-refractivity contribution in [2.24, 2.45) is 0 Å². The Morgan fingerprint density at radius 2 is 1.66 bits per heavy atom. The van der Waals surface area contributed by atoms with Gasteiger partial charge in [0, 0.05) is 30.2 Å². The monoisotopic (exact) mass is 570 g/mol. The van der Waals surface area contributed by atoms with Gasteiger partial charge < -0.3 is 15.1 Å². The Labute approximate surface area is 231 Å². The summed E-state index contributed by atoms with van der Waals surface area (Å²) < 4.78 is 73.8. The van der Waals surface area contributed by atoms with E-state index in [0.29, 0.717) is 5.56 Å². The van der Waals surface area contributed by atoms with Crippen molar-refractivity contribution in [2.75, 3.05) is 7.05 Å². The number of amides is 2. The fourth-order valence-electron chi connectivity index (χ4n) is 4.18. The molecule has 2 N–H and O–H groups in total. The number of aromatic nitrogens is 1. The van der Waals surface area contributed by atoms with Gasteiger partial charge >= 0.3 is 6.18 Å². The molecular weight excluding hydrogens is 547 g/mol. The maximum Gasteiger partial charge on any atom is 0.389 e. The Bertz CT molecular complexity index is 1690. The van der Waals surface area contributed by atoms with Gasteiger partial charge in [0.05, 0.1) is 22.7 Å². The molecule has 0 fully saturated rings. The molecule has 0 aliphatic carbocycles. The minimum absolute atomic E-state index is 0.00353. The molecule has 7 nitrogen and oxygen atoms in total. The van der Waals surface area contributed by atoms with Crippen LogP contribution in [0.2, 0.25) is 0 Å². The summed E-state index contributed by atoms with van der Waals surface area (Å²) in [5, 5.41) is 14.3. The molecule has 12 heteroatoms. The molecule has 2 heterocycles. The molecule has 0 unspecified atom stereocenters. The summed E-state index contributed by atoms with van der Waals surface area (Å²) in [6.45, 7) is 2.88. The molecule has 4 rings (SSSR count). The predicted octanol–water partition coefficient (Wildman–Crippen LogP) is 6.33. The van der Waals surface area contributed by atoms with Gasteiger partial charge in [-0.15, -0.1) is 0 Å². The number of nitriles is 1. The van der Waals surface area contributed by atoms with Gasteiger partial charge in [0.25, 0.3) is 11.8 Å².